The van der Waals surface area contributed by atoms with Crippen LogP contribution in [0.15, 0.2) is 78.4 Å². The number of rotatable bonds is 4. The molecule has 3 aromatic carbocycles. The summed E-state index contributed by atoms with van der Waals surface area (Å²) >= 11 is 0. The molecule has 1 aliphatic rings. The Kier molecular flexibility index (Phi) is 4.26. The molecule has 0 bridgehead atoms. The van der Waals surface area contributed by atoms with Gasteiger partial charge in [-0.2, -0.15) is 0 Å². The van der Waals surface area contributed by atoms with E-state index in [4.69, 9.17) is 0 Å². The first-order chi connectivity index (χ1) is 12.5. The molecule has 0 aliphatic heterocycles. The van der Waals surface area contributed by atoms with E-state index in [9.17, 15) is 0 Å². The van der Waals surface area contributed by atoms with Crippen molar-refractivity contribution in [2.45, 2.75) is 19.9 Å². The zero-order valence-corrected chi connectivity index (χ0v) is 15.9. The van der Waals surface area contributed by atoms with Gasteiger partial charge in [0.05, 0.1) is 14.1 Å². The van der Waals surface area contributed by atoms with Crippen molar-refractivity contribution in [2.24, 2.45) is 0 Å². The first kappa shape index (κ1) is 16.8. The van der Waals surface area contributed by atoms with Gasteiger partial charge in [0.1, 0.15) is 12.2 Å². The molecule has 0 saturated carbocycles. The van der Waals surface area contributed by atoms with E-state index < -0.39 is 0 Å². The molecule has 0 N–H and O–H groups in total. The van der Waals surface area contributed by atoms with E-state index in [-0.39, 0.29) is 0 Å². The molecule has 0 heterocycles. The Labute approximate surface area is 156 Å². The summed E-state index contributed by atoms with van der Waals surface area (Å²) in [7, 11) is 4.54. The minimum atomic E-state index is 0.843. The van der Waals surface area contributed by atoms with Crippen LogP contribution in [0.5, 0.6) is 0 Å². The molecule has 0 unspecified atom stereocenters. The van der Waals surface area contributed by atoms with E-state index in [2.05, 4.69) is 99.9 Å². The van der Waals surface area contributed by atoms with Gasteiger partial charge < -0.3 is 0 Å². The summed E-state index contributed by atoms with van der Waals surface area (Å²) < 4.78 is 0.843. The third kappa shape index (κ3) is 3.23. The average Bonchev–Trinajstić information content (AvgIpc) is 3.02. The first-order valence-corrected chi connectivity index (χ1v) is 9.30. The highest BCUT2D eigenvalue weighted by atomic mass is 15.3. The summed E-state index contributed by atoms with van der Waals surface area (Å²) in [5, 5.41) is 0. The fourth-order valence-electron chi connectivity index (χ4n) is 3.96. The number of hydrogen-bond acceptors (Lipinski definition) is 0. The molecule has 1 nitrogen and oxygen atoms in total. The molecule has 0 amide bonds. The third-order valence-corrected chi connectivity index (χ3v) is 5.35. The molecule has 1 heteroatoms. The predicted octanol–water partition coefficient (Wildman–Crippen LogP) is 6.08. The van der Waals surface area contributed by atoms with Crippen molar-refractivity contribution in [3.63, 3.8) is 0 Å². The number of fused-ring (bicyclic) bond motifs is 1. The molecule has 0 radical (unpaired) electrons. The predicted molar refractivity (Wildman–Crippen MR) is 113 cm³/mol. The molecular weight excluding hydrogens is 314 g/mol. The van der Waals surface area contributed by atoms with Crippen LogP contribution in [-0.4, -0.2) is 14.1 Å². The molecule has 0 fully saturated rings. The van der Waals surface area contributed by atoms with Gasteiger partial charge in [0.15, 0.2) is 0 Å². The number of benzene rings is 3. The molecule has 130 valence electrons. The molecule has 3 aromatic rings. The molecule has 4 rings (SSSR count). The maximum atomic E-state index is 2.34. The number of hydrogen-bond donors (Lipinski definition) is 0. The highest BCUT2D eigenvalue weighted by molar-refractivity contribution is 5.81. The Balaban J connectivity index is 1.63. The number of quaternary nitrogens is 1. The lowest BCUT2D eigenvalue weighted by Crippen LogP contribution is -2.39. The summed E-state index contributed by atoms with van der Waals surface area (Å²) in [4.78, 5) is 0. The topological polar surface area (TPSA) is 0 Å². The van der Waals surface area contributed by atoms with E-state index in [0.29, 0.717) is 0 Å². The maximum absolute atomic E-state index is 2.34. The lowest BCUT2D eigenvalue weighted by molar-refractivity contribution is 0.392. The van der Waals surface area contributed by atoms with Crippen LogP contribution in [0.1, 0.15) is 23.6 Å². The van der Waals surface area contributed by atoms with Crippen LogP contribution >= 0.6 is 0 Å². The second-order valence-corrected chi connectivity index (χ2v) is 7.92. The Hall–Kier alpha value is -2.64. The lowest BCUT2D eigenvalue weighted by atomic mass is 9.97. The summed E-state index contributed by atoms with van der Waals surface area (Å²) in [6.07, 6.45) is 3.43. The van der Waals surface area contributed by atoms with Gasteiger partial charge in [-0.1, -0.05) is 60.2 Å². The second-order valence-electron chi connectivity index (χ2n) is 7.92. The normalized spacial score (nSPS) is 13.4. The molecule has 26 heavy (non-hydrogen) atoms. The SMILES string of the molecule is CC1=Cc2c(cccc2-c2ccc([N+](C)(C)Cc3ccccc3)cc2)C1. The first-order valence-electron chi connectivity index (χ1n) is 9.30. The Morgan fingerprint density at radius 3 is 2.27 bits per heavy atom. The summed E-state index contributed by atoms with van der Waals surface area (Å²) in [6.45, 7) is 3.21. The van der Waals surface area contributed by atoms with Crippen molar-refractivity contribution in [1.82, 2.24) is 4.48 Å². The summed E-state index contributed by atoms with van der Waals surface area (Å²) in [5.41, 5.74) is 9.64. The minimum Gasteiger partial charge on any atom is -0.292 e. The van der Waals surface area contributed by atoms with E-state index in [1.54, 1.807) is 0 Å². The summed E-state index contributed by atoms with van der Waals surface area (Å²) in [6, 6.07) is 26.5. The zero-order valence-electron chi connectivity index (χ0n) is 15.9. The highest BCUT2D eigenvalue weighted by Gasteiger charge is 2.20. The fraction of sp³-hybridized carbons (Fsp3) is 0.200. The van der Waals surface area contributed by atoms with Crippen LogP contribution in [0.3, 0.4) is 0 Å². The van der Waals surface area contributed by atoms with Crippen molar-refractivity contribution in [3.05, 3.63) is 95.1 Å². The molecule has 1 aliphatic carbocycles. The molecule has 0 atom stereocenters. The van der Waals surface area contributed by atoms with Crippen molar-refractivity contribution in [3.8, 4) is 11.1 Å². The van der Waals surface area contributed by atoms with Crippen molar-refractivity contribution < 1.29 is 0 Å². The van der Waals surface area contributed by atoms with E-state index in [0.717, 1.165) is 17.4 Å². The lowest BCUT2D eigenvalue weighted by Gasteiger charge is -2.29. The van der Waals surface area contributed by atoms with Gasteiger partial charge >= 0.3 is 0 Å². The fourth-order valence-corrected chi connectivity index (χ4v) is 3.96. The smallest absolute Gasteiger partial charge is 0.132 e. The van der Waals surface area contributed by atoms with E-state index in [1.807, 2.05) is 0 Å². The standard InChI is InChI=1S/C25H26N/c1-19-16-22-10-7-11-24(25(22)17-19)21-12-14-23(15-13-21)26(2,3)18-20-8-5-4-6-9-20/h4-15,17H,16,18H2,1-3H3/q+1. The van der Waals surface area contributed by atoms with E-state index in [1.165, 1.54) is 39.1 Å². The molecule has 0 saturated heterocycles. The van der Waals surface area contributed by atoms with Gasteiger partial charge in [0.25, 0.3) is 0 Å². The van der Waals surface area contributed by atoms with Gasteiger partial charge in [-0.3, -0.25) is 4.48 Å². The van der Waals surface area contributed by atoms with Gasteiger partial charge in [-0.15, -0.1) is 0 Å². The second kappa shape index (κ2) is 6.59. The molecular formula is C25H26N+. The van der Waals surface area contributed by atoms with Crippen LogP contribution in [0.2, 0.25) is 0 Å². The monoisotopic (exact) mass is 340 g/mol. The number of allylic oxidation sites excluding steroid dienone is 1. The minimum absolute atomic E-state index is 0.843. The highest BCUT2D eigenvalue weighted by Crippen LogP contribution is 2.35. The molecule has 0 aromatic heterocycles. The van der Waals surface area contributed by atoms with Crippen LogP contribution in [-0.2, 0) is 13.0 Å². The van der Waals surface area contributed by atoms with Gasteiger partial charge in [-0.25, -0.2) is 0 Å². The van der Waals surface area contributed by atoms with Crippen molar-refractivity contribution in [1.29, 1.82) is 0 Å². The van der Waals surface area contributed by atoms with Gasteiger partial charge in [0.2, 0.25) is 0 Å². The largest absolute Gasteiger partial charge is 0.292 e. The average molecular weight is 340 g/mol. The van der Waals surface area contributed by atoms with Crippen molar-refractivity contribution >= 4 is 11.8 Å². The van der Waals surface area contributed by atoms with E-state index >= 15 is 0 Å². The number of nitrogens with zero attached hydrogens (tertiary/aromatic N) is 1. The molecule has 0 spiro atoms. The quantitative estimate of drug-likeness (QED) is 0.505. The van der Waals surface area contributed by atoms with Crippen molar-refractivity contribution in [2.75, 3.05) is 14.1 Å². The van der Waals surface area contributed by atoms with Crippen LogP contribution in [0.25, 0.3) is 17.2 Å². The third-order valence-electron chi connectivity index (χ3n) is 5.35. The Morgan fingerprint density at radius 1 is 0.808 bits per heavy atom. The van der Waals surface area contributed by atoms with Gasteiger partial charge in [0, 0.05) is 5.56 Å². The maximum Gasteiger partial charge on any atom is 0.132 e. The van der Waals surface area contributed by atoms with Crippen LogP contribution < -0.4 is 4.48 Å². The zero-order chi connectivity index (χ0) is 18.1. The Bertz CT molecular complexity index is 947. The summed E-state index contributed by atoms with van der Waals surface area (Å²) in [5.74, 6) is 0. The Morgan fingerprint density at radius 2 is 1.54 bits per heavy atom. The van der Waals surface area contributed by atoms with Crippen LogP contribution in [0.4, 0.5) is 5.69 Å². The van der Waals surface area contributed by atoms with Gasteiger partial charge in [-0.05, 0) is 59.9 Å². The van der Waals surface area contributed by atoms with Crippen LogP contribution in [0, 0.1) is 0 Å².